The highest BCUT2D eigenvalue weighted by Crippen LogP contribution is 2.33. The zero-order valence-corrected chi connectivity index (χ0v) is 19.1. The minimum absolute atomic E-state index is 0.0507. The minimum atomic E-state index is -0.407. The van der Waals surface area contributed by atoms with Crippen molar-refractivity contribution in [1.29, 1.82) is 0 Å². The summed E-state index contributed by atoms with van der Waals surface area (Å²) in [5, 5.41) is 11.7. The average molecular weight is 444 g/mol. The molecule has 0 aliphatic heterocycles. The number of aryl methyl sites for hydroxylation is 1. The fraction of sp³-hybridized carbons (Fsp3) is 0.455. The molecule has 0 spiro atoms. The van der Waals surface area contributed by atoms with Crippen LogP contribution in [0, 0.1) is 6.92 Å². The van der Waals surface area contributed by atoms with E-state index in [9.17, 15) is 14.4 Å². The van der Waals surface area contributed by atoms with Crippen LogP contribution in [0.4, 0.5) is 9.93 Å². The molecule has 3 rings (SSSR count). The molecule has 1 aromatic carbocycles. The molecule has 8 nitrogen and oxygen atoms in total. The number of nitrogens with one attached hydrogen (secondary N) is 4. The van der Waals surface area contributed by atoms with Crippen LogP contribution >= 0.6 is 11.3 Å². The van der Waals surface area contributed by atoms with E-state index >= 15 is 0 Å². The zero-order chi connectivity index (χ0) is 22.6. The topological polar surface area (TPSA) is 112 Å². The van der Waals surface area contributed by atoms with E-state index in [1.54, 1.807) is 12.1 Å². The average Bonchev–Trinajstić information content (AvgIpc) is 3.41. The molecule has 1 heterocycles. The van der Waals surface area contributed by atoms with Crippen LogP contribution in [0.25, 0.3) is 10.4 Å². The molecule has 9 heteroatoms. The maximum Gasteiger partial charge on any atom is 0.321 e. The van der Waals surface area contributed by atoms with Crippen molar-refractivity contribution in [3.8, 4) is 10.4 Å². The molecule has 0 atom stereocenters. The molecule has 31 heavy (non-hydrogen) atoms. The lowest BCUT2D eigenvalue weighted by atomic mass is 10.1. The molecule has 4 amide bonds. The SMILES string of the molecule is Cc1nc(NC(=O)NCCC(=O)NC(C)(C)C)sc1-c1ccc(C(=O)NC2CC2)cc1. The molecular formula is C22H29N5O3S. The van der Waals surface area contributed by atoms with Gasteiger partial charge in [0.15, 0.2) is 5.13 Å². The van der Waals surface area contributed by atoms with Gasteiger partial charge in [0.25, 0.3) is 5.91 Å². The van der Waals surface area contributed by atoms with E-state index < -0.39 is 6.03 Å². The van der Waals surface area contributed by atoms with Gasteiger partial charge in [0.1, 0.15) is 0 Å². The summed E-state index contributed by atoms with van der Waals surface area (Å²) in [6.07, 6.45) is 2.31. The number of benzene rings is 1. The van der Waals surface area contributed by atoms with Crippen LogP contribution in [0.1, 0.15) is 56.1 Å². The first kappa shape index (κ1) is 22.7. The van der Waals surface area contributed by atoms with Gasteiger partial charge in [-0.15, -0.1) is 0 Å². The molecule has 4 N–H and O–H groups in total. The summed E-state index contributed by atoms with van der Waals surface area (Å²) >= 11 is 1.36. The predicted octanol–water partition coefficient (Wildman–Crippen LogP) is 3.44. The zero-order valence-electron chi connectivity index (χ0n) is 18.3. The van der Waals surface area contributed by atoms with Crippen molar-refractivity contribution in [3.63, 3.8) is 0 Å². The van der Waals surface area contributed by atoms with Crippen molar-refractivity contribution in [2.75, 3.05) is 11.9 Å². The molecule has 0 saturated heterocycles. The highest BCUT2D eigenvalue weighted by molar-refractivity contribution is 7.19. The third-order valence-electron chi connectivity index (χ3n) is 4.49. The fourth-order valence-electron chi connectivity index (χ4n) is 2.90. The third-order valence-corrected chi connectivity index (χ3v) is 5.61. The summed E-state index contributed by atoms with van der Waals surface area (Å²) in [6, 6.07) is 7.29. The number of hydrogen-bond acceptors (Lipinski definition) is 5. The maximum atomic E-state index is 12.1. The van der Waals surface area contributed by atoms with Crippen LogP contribution in [0.3, 0.4) is 0 Å². The van der Waals surface area contributed by atoms with Crippen molar-refractivity contribution in [1.82, 2.24) is 20.9 Å². The Balaban J connectivity index is 1.52. The van der Waals surface area contributed by atoms with E-state index in [1.807, 2.05) is 39.8 Å². The fourth-order valence-corrected chi connectivity index (χ4v) is 3.87. The third kappa shape index (κ3) is 7.06. The van der Waals surface area contributed by atoms with Gasteiger partial charge in [-0.3, -0.25) is 14.9 Å². The van der Waals surface area contributed by atoms with E-state index in [-0.39, 0.29) is 30.3 Å². The molecule has 2 aromatic rings. The van der Waals surface area contributed by atoms with Crippen LogP contribution in [-0.2, 0) is 4.79 Å². The second-order valence-electron chi connectivity index (χ2n) is 8.69. The van der Waals surface area contributed by atoms with Crippen LogP contribution in [0.15, 0.2) is 24.3 Å². The molecule has 166 valence electrons. The molecule has 1 fully saturated rings. The van der Waals surface area contributed by atoms with Crippen molar-refractivity contribution >= 4 is 34.3 Å². The standard InChI is InChI=1S/C22H29N5O3S/c1-13-18(14-5-7-15(8-6-14)19(29)25-16-9-10-16)31-21(24-13)26-20(30)23-12-11-17(28)27-22(2,3)4/h5-8,16H,9-12H2,1-4H3,(H,25,29)(H,27,28)(H2,23,24,26,30). The first-order valence-electron chi connectivity index (χ1n) is 10.4. The van der Waals surface area contributed by atoms with Gasteiger partial charge in [-0.05, 0) is 58.2 Å². The van der Waals surface area contributed by atoms with Crippen LogP contribution in [-0.4, -0.2) is 41.0 Å². The largest absolute Gasteiger partial charge is 0.351 e. The van der Waals surface area contributed by atoms with Crippen LogP contribution in [0.5, 0.6) is 0 Å². The first-order valence-corrected chi connectivity index (χ1v) is 11.2. The number of hydrogen-bond donors (Lipinski definition) is 4. The highest BCUT2D eigenvalue weighted by atomic mass is 32.1. The number of anilines is 1. The second-order valence-corrected chi connectivity index (χ2v) is 9.69. The van der Waals surface area contributed by atoms with Crippen molar-refractivity contribution in [2.45, 2.75) is 58.5 Å². The van der Waals surface area contributed by atoms with Gasteiger partial charge in [-0.1, -0.05) is 23.5 Å². The Labute approximate surface area is 186 Å². The number of aromatic nitrogens is 1. The first-order chi connectivity index (χ1) is 14.6. The number of thiazole rings is 1. The van der Waals surface area contributed by atoms with Gasteiger partial charge in [-0.2, -0.15) is 0 Å². The minimum Gasteiger partial charge on any atom is -0.351 e. The summed E-state index contributed by atoms with van der Waals surface area (Å²) in [4.78, 5) is 41.4. The molecule has 1 aliphatic rings. The smallest absolute Gasteiger partial charge is 0.321 e. The van der Waals surface area contributed by atoms with Gasteiger partial charge in [0, 0.05) is 30.1 Å². The Hall–Kier alpha value is -2.94. The Morgan fingerprint density at radius 1 is 1.13 bits per heavy atom. The number of urea groups is 1. The molecule has 0 radical (unpaired) electrons. The van der Waals surface area contributed by atoms with Crippen molar-refractivity contribution in [2.24, 2.45) is 0 Å². The van der Waals surface area contributed by atoms with Gasteiger partial charge in [0.05, 0.1) is 10.6 Å². The van der Waals surface area contributed by atoms with Gasteiger partial charge < -0.3 is 16.0 Å². The van der Waals surface area contributed by atoms with Crippen LogP contribution < -0.4 is 21.3 Å². The number of amides is 4. The summed E-state index contributed by atoms with van der Waals surface area (Å²) in [7, 11) is 0. The Bertz CT molecular complexity index is 959. The van der Waals surface area contributed by atoms with E-state index in [0.29, 0.717) is 16.7 Å². The summed E-state index contributed by atoms with van der Waals surface area (Å²) in [6.45, 7) is 7.83. The monoisotopic (exact) mass is 443 g/mol. The number of nitrogens with zero attached hydrogens (tertiary/aromatic N) is 1. The van der Waals surface area contributed by atoms with E-state index in [1.165, 1.54) is 11.3 Å². The number of rotatable bonds is 7. The Morgan fingerprint density at radius 3 is 2.42 bits per heavy atom. The predicted molar refractivity (Wildman–Crippen MR) is 122 cm³/mol. The summed E-state index contributed by atoms with van der Waals surface area (Å²) in [5.74, 6) is -0.167. The van der Waals surface area contributed by atoms with Gasteiger partial charge in [-0.25, -0.2) is 9.78 Å². The van der Waals surface area contributed by atoms with Crippen molar-refractivity contribution in [3.05, 3.63) is 35.5 Å². The maximum absolute atomic E-state index is 12.1. The van der Waals surface area contributed by atoms with E-state index in [0.717, 1.165) is 29.0 Å². The molecule has 0 bridgehead atoms. The number of carbonyl (C=O) groups excluding carboxylic acids is 3. The lowest BCUT2D eigenvalue weighted by molar-refractivity contribution is -0.122. The van der Waals surface area contributed by atoms with E-state index in [4.69, 9.17) is 0 Å². The Kier molecular flexibility index (Phi) is 6.94. The lowest BCUT2D eigenvalue weighted by Gasteiger charge is -2.20. The summed E-state index contributed by atoms with van der Waals surface area (Å²) in [5.41, 5.74) is 2.06. The van der Waals surface area contributed by atoms with Crippen LogP contribution in [0.2, 0.25) is 0 Å². The van der Waals surface area contributed by atoms with E-state index in [2.05, 4.69) is 26.3 Å². The number of carbonyl (C=O) groups is 3. The summed E-state index contributed by atoms with van der Waals surface area (Å²) < 4.78 is 0. The highest BCUT2D eigenvalue weighted by Gasteiger charge is 2.23. The molecule has 1 saturated carbocycles. The van der Waals surface area contributed by atoms with Crippen molar-refractivity contribution < 1.29 is 14.4 Å². The van der Waals surface area contributed by atoms with Gasteiger partial charge in [0.2, 0.25) is 5.91 Å². The van der Waals surface area contributed by atoms with Gasteiger partial charge >= 0.3 is 6.03 Å². The normalized spacial score (nSPS) is 13.4. The second kappa shape index (κ2) is 9.47. The molecule has 1 aliphatic carbocycles. The molecular weight excluding hydrogens is 414 g/mol. The Morgan fingerprint density at radius 2 is 1.81 bits per heavy atom. The quantitative estimate of drug-likeness (QED) is 0.525. The molecule has 1 aromatic heterocycles. The molecule has 0 unspecified atom stereocenters. The lowest BCUT2D eigenvalue weighted by Crippen LogP contribution is -2.42.